The largest absolute Gasteiger partial charge is 0.338 e. The number of hydrogen-bond acceptors (Lipinski definition) is 7. The quantitative estimate of drug-likeness (QED) is 0.683. The van der Waals surface area contributed by atoms with E-state index in [0.29, 0.717) is 18.5 Å². The van der Waals surface area contributed by atoms with Gasteiger partial charge in [-0.15, -0.1) is 5.10 Å². The Hall–Kier alpha value is -2.68. The van der Waals surface area contributed by atoms with Crippen molar-refractivity contribution in [3.05, 3.63) is 17.8 Å². The molecule has 9 nitrogen and oxygen atoms in total. The first kappa shape index (κ1) is 22.5. The molecule has 0 unspecified atom stereocenters. The maximum absolute atomic E-state index is 13.7. The smallest absolute Gasteiger partial charge is 0.267 e. The molecule has 1 saturated heterocycles. The molecule has 1 aliphatic heterocycles. The van der Waals surface area contributed by atoms with Gasteiger partial charge in [0.05, 0.1) is 35.4 Å². The zero-order valence-electron chi connectivity index (χ0n) is 17.4. The number of rotatable bonds is 5. The Morgan fingerprint density at radius 3 is 2.41 bits per heavy atom. The number of aryl methyl sites for hydroxylation is 1. The monoisotopic (exact) mass is 467 g/mol. The first-order valence-electron chi connectivity index (χ1n) is 10.4. The summed E-state index contributed by atoms with van der Waals surface area (Å²) in [5, 5.41) is 18.1. The first-order chi connectivity index (χ1) is 15.0. The van der Waals surface area contributed by atoms with E-state index in [4.69, 9.17) is 0 Å². The van der Waals surface area contributed by atoms with Crippen LogP contribution >= 0.6 is 0 Å². The van der Waals surface area contributed by atoms with E-state index in [9.17, 15) is 32.0 Å². The molecule has 1 aromatic heterocycles. The fourth-order valence-corrected chi connectivity index (χ4v) is 6.07. The van der Waals surface area contributed by atoms with Crippen LogP contribution in [0.2, 0.25) is 0 Å². The zero-order valence-corrected chi connectivity index (χ0v) is 18.2. The van der Waals surface area contributed by atoms with Gasteiger partial charge in [0, 0.05) is 13.0 Å². The number of alkyl halides is 2. The Morgan fingerprint density at radius 1 is 1.19 bits per heavy atom. The summed E-state index contributed by atoms with van der Waals surface area (Å²) in [4.78, 5) is 27.0. The molecule has 1 N–H and O–H groups in total. The number of halogens is 2. The maximum atomic E-state index is 13.7. The van der Waals surface area contributed by atoms with E-state index in [-0.39, 0.29) is 24.4 Å². The van der Waals surface area contributed by atoms with Crippen molar-refractivity contribution in [3.8, 4) is 6.07 Å². The molecule has 12 heteroatoms. The molecule has 1 aromatic rings. The Balaban J connectivity index is 1.60. The highest BCUT2D eigenvalue weighted by Gasteiger charge is 2.53. The van der Waals surface area contributed by atoms with Crippen LogP contribution in [0, 0.1) is 30.1 Å². The Bertz CT molecular complexity index is 1080. The molecule has 2 heterocycles. The summed E-state index contributed by atoms with van der Waals surface area (Å²) in [6, 6.07) is 4.84. The standard InChI is InChI=1S/C20H23F2N5O4S/c1-12-2-3-16(26-25-12)32(30,31)13-8-14(17(28)24-19(10-23)4-5-19)15(9-13)18(29)27-7-6-20(21,22)11-27/h2-3,13-15H,4-9,11H2,1H3,(H,24,28)/t13-,14+,15+/m0/s1. The second kappa shape index (κ2) is 7.72. The van der Waals surface area contributed by atoms with Gasteiger partial charge in [-0.25, -0.2) is 17.2 Å². The minimum absolute atomic E-state index is 0.153. The number of aromatic nitrogens is 2. The molecular formula is C20H23F2N5O4S. The van der Waals surface area contributed by atoms with E-state index >= 15 is 0 Å². The highest BCUT2D eigenvalue weighted by molar-refractivity contribution is 7.92. The number of carbonyl (C=O) groups excluding carboxylic acids is 2. The first-order valence-corrected chi connectivity index (χ1v) is 12.0. The van der Waals surface area contributed by atoms with Crippen molar-refractivity contribution in [2.75, 3.05) is 13.1 Å². The van der Waals surface area contributed by atoms with E-state index in [2.05, 4.69) is 15.5 Å². The molecule has 0 spiro atoms. The van der Waals surface area contributed by atoms with Gasteiger partial charge < -0.3 is 10.2 Å². The van der Waals surface area contributed by atoms with Gasteiger partial charge in [-0.1, -0.05) is 0 Å². The molecule has 0 aromatic carbocycles. The molecule has 32 heavy (non-hydrogen) atoms. The van der Waals surface area contributed by atoms with Gasteiger partial charge in [0.2, 0.25) is 11.8 Å². The Labute approximate surface area is 184 Å². The van der Waals surface area contributed by atoms with Crippen molar-refractivity contribution in [1.82, 2.24) is 20.4 Å². The number of nitrogens with one attached hydrogen (secondary N) is 1. The minimum atomic E-state index is -4.01. The molecule has 172 valence electrons. The Morgan fingerprint density at radius 2 is 1.88 bits per heavy atom. The van der Waals surface area contributed by atoms with Crippen LogP contribution in [-0.2, 0) is 19.4 Å². The third-order valence-corrected chi connectivity index (χ3v) is 8.55. The summed E-state index contributed by atoms with van der Waals surface area (Å²) < 4.78 is 53.6. The van der Waals surface area contributed by atoms with Crippen molar-refractivity contribution in [1.29, 1.82) is 5.26 Å². The van der Waals surface area contributed by atoms with Gasteiger partial charge in [-0.05, 0) is 44.7 Å². The van der Waals surface area contributed by atoms with Gasteiger partial charge in [0.15, 0.2) is 14.9 Å². The van der Waals surface area contributed by atoms with Crippen molar-refractivity contribution in [3.63, 3.8) is 0 Å². The summed E-state index contributed by atoms with van der Waals surface area (Å²) in [5.74, 6) is -6.37. The average molecular weight is 467 g/mol. The summed E-state index contributed by atoms with van der Waals surface area (Å²) in [6.45, 7) is 0.752. The fraction of sp³-hybridized carbons (Fsp3) is 0.650. The molecule has 3 atom stereocenters. The molecule has 3 aliphatic rings. The SMILES string of the molecule is Cc1ccc(S(=O)(=O)[C@H]2C[C@@H](C(=O)NC3(C#N)CC3)[C@H](C(=O)N3CCC(F)(F)C3)C2)nn1. The van der Waals surface area contributed by atoms with Crippen molar-refractivity contribution < 1.29 is 26.8 Å². The van der Waals surface area contributed by atoms with Crippen LogP contribution in [0.3, 0.4) is 0 Å². The lowest BCUT2D eigenvalue weighted by Crippen LogP contribution is -2.45. The van der Waals surface area contributed by atoms with Crippen molar-refractivity contribution in [2.24, 2.45) is 11.8 Å². The third-order valence-electron chi connectivity index (χ3n) is 6.48. The number of carbonyl (C=O) groups is 2. The van der Waals surface area contributed by atoms with E-state index in [1.807, 2.05) is 6.07 Å². The molecule has 2 saturated carbocycles. The van der Waals surface area contributed by atoms with Gasteiger partial charge in [0.1, 0.15) is 5.54 Å². The molecule has 4 rings (SSSR count). The number of sulfone groups is 1. The van der Waals surface area contributed by atoms with Crippen LogP contribution in [0.25, 0.3) is 0 Å². The molecule has 0 radical (unpaired) electrons. The highest BCUT2D eigenvalue weighted by atomic mass is 32.2. The van der Waals surface area contributed by atoms with Gasteiger partial charge >= 0.3 is 0 Å². The van der Waals surface area contributed by atoms with Crippen LogP contribution in [0.4, 0.5) is 8.78 Å². The number of amides is 2. The second-order valence-corrected chi connectivity index (χ2v) is 11.1. The van der Waals surface area contributed by atoms with Crippen LogP contribution in [-0.4, -0.2) is 65.1 Å². The van der Waals surface area contributed by atoms with Crippen LogP contribution in [0.1, 0.15) is 37.8 Å². The zero-order chi connectivity index (χ0) is 23.3. The number of nitriles is 1. The molecule has 2 amide bonds. The molecular weight excluding hydrogens is 444 g/mol. The normalized spacial score (nSPS) is 28.2. The number of likely N-dealkylation sites (tertiary alicyclic amines) is 1. The van der Waals surface area contributed by atoms with E-state index in [1.165, 1.54) is 12.1 Å². The second-order valence-electron chi connectivity index (χ2n) is 8.91. The molecule has 0 bridgehead atoms. The number of hydrogen-bond donors (Lipinski definition) is 1. The summed E-state index contributed by atoms with van der Waals surface area (Å²) in [7, 11) is -4.01. The van der Waals surface area contributed by atoms with Gasteiger partial charge in [-0.2, -0.15) is 10.4 Å². The summed E-state index contributed by atoms with van der Waals surface area (Å²) in [6.07, 6.45) is 0.127. The average Bonchev–Trinajstić information content (AvgIpc) is 3.19. The van der Waals surface area contributed by atoms with Gasteiger partial charge in [0.25, 0.3) is 5.92 Å². The lowest BCUT2D eigenvalue weighted by molar-refractivity contribution is -0.141. The predicted molar refractivity (Wildman–Crippen MR) is 106 cm³/mol. The van der Waals surface area contributed by atoms with Crippen LogP contribution in [0.15, 0.2) is 17.2 Å². The summed E-state index contributed by atoms with van der Waals surface area (Å²) in [5.41, 5.74) is -0.466. The summed E-state index contributed by atoms with van der Waals surface area (Å²) >= 11 is 0. The minimum Gasteiger partial charge on any atom is -0.338 e. The molecule has 3 fully saturated rings. The lowest BCUT2D eigenvalue weighted by atomic mass is 9.93. The highest BCUT2D eigenvalue weighted by Crippen LogP contribution is 2.42. The third kappa shape index (κ3) is 4.18. The topological polar surface area (TPSA) is 133 Å². The van der Waals surface area contributed by atoms with Gasteiger partial charge in [-0.3, -0.25) is 9.59 Å². The maximum Gasteiger partial charge on any atom is 0.267 e. The van der Waals surface area contributed by atoms with Crippen molar-refractivity contribution >= 4 is 21.7 Å². The van der Waals surface area contributed by atoms with Crippen LogP contribution in [0.5, 0.6) is 0 Å². The lowest BCUT2D eigenvalue weighted by Gasteiger charge is -2.24. The van der Waals surface area contributed by atoms with Crippen LogP contribution < -0.4 is 5.32 Å². The van der Waals surface area contributed by atoms with E-state index in [0.717, 1.165) is 4.90 Å². The number of nitrogens with zero attached hydrogens (tertiary/aromatic N) is 4. The predicted octanol–water partition coefficient (Wildman–Crippen LogP) is 0.993. The molecule has 2 aliphatic carbocycles. The van der Waals surface area contributed by atoms with E-state index in [1.54, 1.807) is 6.92 Å². The van der Waals surface area contributed by atoms with Crippen molar-refractivity contribution in [2.45, 2.75) is 60.8 Å². The Kier molecular flexibility index (Phi) is 5.43. The van der Waals surface area contributed by atoms with E-state index < -0.39 is 63.2 Å². The fourth-order valence-electron chi connectivity index (χ4n) is 4.39.